The van der Waals surface area contributed by atoms with Crippen LogP contribution in [0.15, 0.2) is 18.2 Å². The van der Waals surface area contributed by atoms with Crippen LogP contribution in [-0.4, -0.2) is 19.6 Å². The first-order chi connectivity index (χ1) is 7.19. The summed E-state index contributed by atoms with van der Waals surface area (Å²) in [6, 6.07) is 5.16. The van der Waals surface area contributed by atoms with Gasteiger partial charge in [0.2, 0.25) is 0 Å². The number of hydrogen-bond donors (Lipinski definition) is 2. The molecule has 0 bridgehead atoms. The number of nitrogen functional groups attached to an aromatic ring is 1. The van der Waals surface area contributed by atoms with Crippen molar-refractivity contribution in [3.8, 4) is 0 Å². The lowest BCUT2D eigenvalue weighted by atomic mass is 10.1. The van der Waals surface area contributed by atoms with Crippen molar-refractivity contribution in [1.82, 2.24) is 0 Å². The SMILES string of the molecule is CCCNc1ccc(N)cc1C(=O)OC. The highest BCUT2D eigenvalue weighted by Gasteiger charge is 2.11. The quantitative estimate of drug-likeness (QED) is 0.585. The Morgan fingerprint density at radius 3 is 2.87 bits per heavy atom. The smallest absolute Gasteiger partial charge is 0.340 e. The van der Waals surface area contributed by atoms with E-state index in [2.05, 4.69) is 17.0 Å². The van der Waals surface area contributed by atoms with Gasteiger partial charge < -0.3 is 15.8 Å². The molecule has 0 aliphatic carbocycles. The fraction of sp³-hybridized carbons (Fsp3) is 0.364. The van der Waals surface area contributed by atoms with Gasteiger partial charge in [-0.2, -0.15) is 0 Å². The molecule has 1 rings (SSSR count). The Morgan fingerprint density at radius 1 is 1.53 bits per heavy atom. The average molecular weight is 208 g/mol. The van der Waals surface area contributed by atoms with Gasteiger partial charge in [0.1, 0.15) is 0 Å². The van der Waals surface area contributed by atoms with E-state index in [0.717, 1.165) is 18.7 Å². The molecular formula is C11H16N2O2. The molecule has 0 saturated heterocycles. The number of carbonyl (C=O) groups excluding carboxylic acids is 1. The predicted octanol–water partition coefficient (Wildman–Crippen LogP) is 1.88. The van der Waals surface area contributed by atoms with Crippen LogP contribution >= 0.6 is 0 Å². The lowest BCUT2D eigenvalue weighted by molar-refractivity contribution is 0.0602. The van der Waals surface area contributed by atoms with E-state index in [-0.39, 0.29) is 5.97 Å². The summed E-state index contributed by atoms with van der Waals surface area (Å²) in [5.74, 6) is -0.374. The summed E-state index contributed by atoms with van der Waals surface area (Å²) >= 11 is 0. The highest BCUT2D eigenvalue weighted by atomic mass is 16.5. The molecule has 0 aromatic heterocycles. The molecule has 0 atom stereocenters. The third-order valence-electron chi connectivity index (χ3n) is 2.01. The Kier molecular flexibility index (Phi) is 3.97. The van der Waals surface area contributed by atoms with Gasteiger partial charge in [0.25, 0.3) is 0 Å². The Labute approximate surface area is 89.4 Å². The second-order valence-electron chi connectivity index (χ2n) is 3.22. The van der Waals surface area contributed by atoms with E-state index in [1.54, 1.807) is 18.2 Å². The van der Waals surface area contributed by atoms with Crippen molar-refractivity contribution < 1.29 is 9.53 Å². The first kappa shape index (κ1) is 11.4. The first-order valence-corrected chi connectivity index (χ1v) is 4.90. The Hall–Kier alpha value is -1.71. The van der Waals surface area contributed by atoms with Crippen LogP contribution in [-0.2, 0) is 4.74 Å². The largest absolute Gasteiger partial charge is 0.465 e. The van der Waals surface area contributed by atoms with E-state index in [4.69, 9.17) is 5.73 Å². The second kappa shape index (κ2) is 5.24. The molecule has 15 heavy (non-hydrogen) atoms. The van der Waals surface area contributed by atoms with Crippen molar-refractivity contribution >= 4 is 17.3 Å². The number of nitrogens with two attached hydrogens (primary N) is 1. The van der Waals surface area contributed by atoms with E-state index < -0.39 is 0 Å². The van der Waals surface area contributed by atoms with Crippen LogP contribution in [0.1, 0.15) is 23.7 Å². The van der Waals surface area contributed by atoms with E-state index in [1.165, 1.54) is 7.11 Å². The molecule has 0 unspecified atom stereocenters. The molecule has 4 nitrogen and oxygen atoms in total. The van der Waals surface area contributed by atoms with Crippen molar-refractivity contribution in [2.24, 2.45) is 0 Å². The Morgan fingerprint density at radius 2 is 2.27 bits per heavy atom. The number of esters is 1. The van der Waals surface area contributed by atoms with E-state index in [1.807, 2.05) is 0 Å². The zero-order valence-electron chi connectivity index (χ0n) is 9.04. The van der Waals surface area contributed by atoms with E-state index in [0.29, 0.717) is 11.3 Å². The van der Waals surface area contributed by atoms with Crippen LogP contribution in [0.25, 0.3) is 0 Å². The van der Waals surface area contributed by atoms with Gasteiger partial charge in [-0.25, -0.2) is 4.79 Å². The van der Waals surface area contributed by atoms with E-state index >= 15 is 0 Å². The number of ether oxygens (including phenoxy) is 1. The van der Waals surface area contributed by atoms with Crippen LogP contribution in [0.2, 0.25) is 0 Å². The molecule has 0 radical (unpaired) electrons. The monoisotopic (exact) mass is 208 g/mol. The van der Waals surface area contributed by atoms with Crippen molar-refractivity contribution in [3.05, 3.63) is 23.8 Å². The van der Waals surface area contributed by atoms with E-state index in [9.17, 15) is 4.79 Å². The molecule has 0 amide bonds. The Balaban J connectivity index is 2.97. The highest BCUT2D eigenvalue weighted by Crippen LogP contribution is 2.19. The van der Waals surface area contributed by atoms with Gasteiger partial charge in [0.15, 0.2) is 0 Å². The molecule has 1 aromatic rings. The van der Waals surface area contributed by atoms with Crippen LogP contribution in [0, 0.1) is 0 Å². The van der Waals surface area contributed by atoms with Crippen LogP contribution in [0.4, 0.5) is 11.4 Å². The minimum atomic E-state index is -0.374. The molecule has 0 fully saturated rings. The van der Waals surface area contributed by atoms with Gasteiger partial charge in [-0.3, -0.25) is 0 Å². The molecular weight excluding hydrogens is 192 g/mol. The van der Waals surface area contributed by atoms with Gasteiger partial charge in [-0.05, 0) is 24.6 Å². The Bertz CT molecular complexity index is 350. The van der Waals surface area contributed by atoms with Gasteiger partial charge in [-0.1, -0.05) is 6.92 Å². The van der Waals surface area contributed by atoms with Crippen molar-refractivity contribution in [1.29, 1.82) is 0 Å². The third-order valence-corrected chi connectivity index (χ3v) is 2.01. The second-order valence-corrected chi connectivity index (χ2v) is 3.22. The van der Waals surface area contributed by atoms with Crippen LogP contribution in [0.3, 0.4) is 0 Å². The normalized spacial score (nSPS) is 9.73. The lowest BCUT2D eigenvalue weighted by Crippen LogP contribution is -2.09. The molecule has 4 heteroatoms. The standard InChI is InChI=1S/C11H16N2O2/c1-3-6-13-10-5-4-8(12)7-9(10)11(14)15-2/h4-5,7,13H,3,6,12H2,1-2H3. The zero-order chi connectivity index (χ0) is 11.3. The number of hydrogen-bond acceptors (Lipinski definition) is 4. The van der Waals surface area contributed by atoms with Gasteiger partial charge >= 0.3 is 5.97 Å². The fourth-order valence-corrected chi connectivity index (χ4v) is 1.25. The number of benzene rings is 1. The predicted molar refractivity (Wildman–Crippen MR) is 61.0 cm³/mol. The maximum absolute atomic E-state index is 11.4. The van der Waals surface area contributed by atoms with Gasteiger partial charge in [0, 0.05) is 17.9 Å². The molecule has 3 N–H and O–H groups in total. The minimum absolute atomic E-state index is 0.374. The van der Waals surface area contributed by atoms with Crippen molar-refractivity contribution in [3.63, 3.8) is 0 Å². The highest BCUT2D eigenvalue weighted by molar-refractivity contribution is 5.96. The summed E-state index contributed by atoms with van der Waals surface area (Å²) in [5, 5.41) is 3.15. The van der Waals surface area contributed by atoms with Crippen molar-refractivity contribution in [2.45, 2.75) is 13.3 Å². The number of rotatable bonds is 4. The molecule has 0 heterocycles. The number of anilines is 2. The third kappa shape index (κ3) is 2.87. The topological polar surface area (TPSA) is 64.3 Å². The molecule has 0 aliphatic heterocycles. The number of nitrogens with one attached hydrogen (secondary N) is 1. The number of carbonyl (C=O) groups is 1. The summed E-state index contributed by atoms with van der Waals surface area (Å²) in [7, 11) is 1.36. The molecule has 82 valence electrons. The molecule has 0 saturated carbocycles. The minimum Gasteiger partial charge on any atom is -0.465 e. The zero-order valence-corrected chi connectivity index (χ0v) is 9.04. The average Bonchev–Trinajstić information content (AvgIpc) is 2.26. The number of methoxy groups -OCH3 is 1. The van der Waals surface area contributed by atoms with Gasteiger partial charge in [0.05, 0.1) is 12.7 Å². The first-order valence-electron chi connectivity index (χ1n) is 4.90. The summed E-state index contributed by atoms with van der Waals surface area (Å²) in [6.07, 6.45) is 0.991. The maximum atomic E-state index is 11.4. The fourth-order valence-electron chi connectivity index (χ4n) is 1.25. The van der Waals surface area contributed by atoms with Crippen LogP contribution in [0.5, 0.6) is 0 Å². The summed E-state index contributed by atoms with van der Waals surface area (Å²) in [4.78, 5) is 11.4. The molecule has 0 aliphatic rings. The lowest BCUT2D eigenvalue weighted by Gasteiger charge is -2.10. The molecule has 0 spiro atoms. The van der Waals surface area contributed by atoms with Gasteiger partial charge in [-0.15, -0.1) is 0 Å². The summed E-state index contributed by atoms with van der Waals surface area (Å²) in [5.41, 5.74) is 7.41. The van der Waals surface area contributed by atoms with Crippen molar-refractivity contribution in [2.75, 3.05) is 24.7 Å². The van der Waals surface area contributed by atoms with Crippen LogP contribution < -0.4 is 11.1 Å². The molecule has 1 aromatic carbocycles. The maximum Gasteiger partial charge on any atom is 0.340 e. The summed E-state index contributed by atoms with van der Waals surface area (Å²) < 4.78 is 4.68. The summed E-state index contributed by atoms with van der Waals surface area (Å²) in [6.45, 7) is 2.87.